The number of aryl methyl sites for hydroxylation is 2. The number of rotatable bonds is 4. The fraction of sp³-hybridized carbons (Fsp3) is 0.235. The van der Waals surface area contributed by atoms with Crippen LogP contribution >= 0.6 is 34.7 Å². The summed E-state index contributed by atoms with van der Waals surface area (Å²) < 4.78 is 0. The first-order valence-electron chi connectivity index (χ1n) is 7.28. The summed E-state index contributed by atoms with van der Waals surface area (Å²) in [5.74, 6) is -0.901. The SMILES string of the molecule is Cc1ccc(-c2csc3nc(SC(C)C(=O)O)nc(Cl)c23)c(C)c1. The predicted molar refractivity (Wildman–Crippen MR) is 100 cm³/mol. The minimum absolute atomic E-state index is 0.358. The molecule has 0 saturated heterocycles. The maximum Gasteiger partial charge on any atom is 0.316 e. The normalized spacial score (nSPS) is 12.5. The molecule has 0 aliphatic rings. The first kappa shape index (κ1) is 17.2. The first-order chi connectivity index (χ1) is 11.4. The molecule has 3 aromatic rings. The van der Waals surface area contributed by atoms with Crippen LogP contribution in [0.15, 0.2) is 28.7 Å². The van der Waals surface area contributed by atoms with Gasteiger partial charge in [0.1, 0.15) is 15.2 Å². The molecule has 0 saturated carbocycles. The number of hydrogen-bond donors (Lipinski definition) is 1. The molecular formula is C17H15ClN2O2S2. The highest BCUT2D eigenvalue weighted by molar-refractivity contribution is 8.00. The number of halogens is 1. The van der Waals surface area contributed by atoms with Gasteiger partial charge in [-0.3, -0.25) is 4.79 Å². The number of benzene rings is 1. The van der Waals surface area contributed by atoms with Crippen molar-refractivity contribution in [3.8, 4) is 11.1 Å². The molecule has 1 N–H and O–H groups in total. The molecule has 0 bridgehead atoms. The van der Waals surface area contributed by atoms with Crippen molar-refractivity contribution in [3.05, 3.63) is 39.9 Å². The molecule has 7 heteroatoms. The highest BCUT2D eigenvalue weighted by Crippen LogP contribution is 2.39. The lowest BCUT2D eigenvalue weighted by molar-refractivity contribution is -0.136. The monoisotopic (exact) mass is 378 g/mol. The molecule has 0 fully saturated rings. The Balaban J connectivity index is 2.08. The summed E-state index contributed by atoms with van der Waals surface area (Å²) in [6, 6.07) is 6.28. The number of carbonyl (C=O) groups is 1. The summed E-state index contributed by atoms with van der Waals surface area (Å²) in [5.41, 5.74) is 4.50. The van der Waals surface area contributed by atoms with E-state index in [1.807, 2.05) is 5.38 Å². The van der Waals surface area contributed by atoms with E-state index >= 15 is 0 Å². The van der Waals surface area contributed by atoms with Crippen molar-refractivity contribution < 1.29 is 9.90 Å². The molecule has 24 heavy (non-hydrogen) atoms. The van der Waals surface area contributed by atoms with Gasteiger partial charge >= 0.3 is 5.97 Å². The lowest BCUT2D eigenvalue weighted by Gasteiger charge is -2.08. The number of fused-ring (bicyclic) bond motifs is 1. The third-order valence-electron chi connectivity index (χ3n) is 3.67. The van der Waals surface area contributed by atoms with Gasteiger partial charge < -0.3 is 5.11 Å². The number of hydrogen-bond acceptors (Lipinski definition) is 5. The number of thiophene rings is 1. The van der Waals surface area contributed by atoms with Gasteiger partial charge in [0.05, 0.1) is 5.39 Å². The van der Waals surface area contributed by atoms with Crippen molar-refractivity contribution in [1.29, 1.82) is 0 Å². The largest absolute Gasteiger partial charge is 0.480 e. The van der Waals surface area contributed by atoms with Crippen molar-refractivity contribution in [1.82, 2.24) is 9.97 Å². The summed E-state index contributed by atoms with van der Waals surface area (Å²) in [5, 5.41) is 12.0. The summed E-state index contributed by atoms with van der Waals surface area (Å²) in [6.45, 7) is 5.73. The van der Waals surface area contributed by atoms with Crippen molar-refractivity contribution in [2.45, 2.75) is 31.2 Å². The third-order valence-corrected chi connectivity index (χ3v) is 5.77. The van der Waals surface area contributed by atoms with E-state index in [0.29, 0.717) is 10.3 Å². The molecule has 1 aromatic carbocycles. The fourth-order valence-electron chi connectivity index (χ4n) is 2.46. The Morgan fingerprint density at radius 3 is 2.71 bits per heavy atom. The zero-order chi connectivity index (χ0) is 17.4. The Hall–Kier alpha value is -1.63. The lowest BCUT2D eigenvalue weighted by atomic mass is 9.99. The van der Waals surface area contributed by atoms with E-state index in [9.17, 15) is 4.79 Å². The van der Waals surface area contributed by atoms with Crippen LogP contribution in [-0.2, 0) is 4.79 Å². The van der Waals surface area contributed by atoms with E-state index in [1.165, 1.54) is 22.5 Å². The highest BCUT2D eigenvalue weighted by Gasteiger charge is 2.19. The molecule has 0 aliphatic heterocycles. The van der Waals surface area contributed by atoms with Gasteiger partial charge in [-0.05, 0) is 31.9 Å². The summed E-state index contributed by atoms with van der Waals surface area (Å²) in [7, 11) is 0. The molecule has 2 heterocycles. The number of thioether (sulfide) groups is 1. The molecule has 4 nitrogen and oxygen atoms in total. The van der Waals surface area contributed by atoms with Crippen LogP contribution in [0.25, 0.3) is 21.3 Å². The number of nitrogens with zero attached hydrogens (tertiary/aromatic N) is 2. The van der Waals surface area contributed by atoms with Crippen LogP contribution in [0.2, 0.25) is 5.15 Å². The van der Waals surface area contributed by atoms with Gasteiger partial charge in [-0.2, -0.15) is 0 Å². The van der Waals surface area contributed by atoms with Gasteiger partial charge in [0.2, 0.25) is 0 Å². The topological polar surface area (TPSA) is 63.1 Å². The Bertz CT molecular complexity index is 940. The number of aliphatic carboxylic acids is 1. The smallest absolute Gasteiger partial charge is 0.316 e. The maximum atomic E-state index is 11.0. The van der Waals surface area contributed by atoms with Gasteiger partial charge in [-0.1, -0.05) is 47.1 Å². The minimum Gasteiger partial charge on any atom is -0.480 e. The van der Waals surface area contributed by atoms with Crippen LogP contribution < -0.4 is 0 Å². The van der Waals surface area contributed by atoms with Crippen molar-refractivity contribution >= 4 is 50.9 Å². The van der Waals surface area contributed by atoms with E-state index in [2.05, 4.69) is 42.0 Å². The quantitative estimate of drug-likeness (QED) is 0.384. The average molecular weight is 379 g/mol. The van der Waals surface area contributed by atoms with E-state index in [4.69, 9.17) is 16.7 Å². The van der Waals surface area contributed by atoms with Crippen molar-refractivity contribution in [2.24, 2.45) is 0 Å². The summed E-state index contributed by atoms with van der Waals surface area (Å²) in [6.07, 6.45) is 0. The van der Waals surface area contributed by atoms with E-state index < -0.39 is 11.2 Å². The molecule has 0 aliphatic carbocycles. The molecule has 3 rings (SSSR count). The van der Waals surface area contributed by atoms with Crippen LogP contribution in [0.4, 0.5) is 0 Å². The van der Waals surface area contributed by atoms with E-state index in [0.717, 1.165) is 33.1 Å². The highest BCUT2D eigenvalue weighted by atomic mass is 35.5. The van der Waals surface area contributed by atoms with Gasteiger partial charge in [-0.15, -0.1) is 11.3 Å². The second kappa shape index (κ2) is 6.70. The van der Waals surface area contributed by atoms with Crippen molar-refractivity contribution in [2.75, 3.05) is 0 Å². The third kappa shape index (κ3) is 3.27. The second-order valence-corrected chi connectivity index (χ2v) is 8.07. The van der Waals surface area contributed by atoms with E-state index in [-0.39, 0.29) is 0 Å². The lowest BCUT2D eigenvalue weighted by Crippen LogP contribution is -2.11. The number of aromatic nitrogens is 2. The van der Waals surface area contributed by atoms with Crippen LogP contribution in [0, 0.1) is 13.8 Å². The molecule has 2 aromatic heterocycles. The van der Waals surface area contributed by atoms with Crippen LogP contribution in [0.5, 0.6) is 0 Å². The molecule has 124 valence electrons. The predicted octanol–water partition coefficient (Wildman–Crippen LogP) is 5.19. The second-order valence-electron chi connectivity index (χ2n) is 5.54. The Morgan fingerprint density at radius 2 is 2.04 bits per heavy atom. The molecule has 1 atom stereocenters. The molecule has 0 spiro atoms. The van der Waals surface area contributed by atoms with Crippen LogP contribution in [-0.4, -0.2) is 26.3 Å². The maximum absolute atomic E-state index is 11.0. The fourth-order valence-corrected chi connectivity index (χ4v) is 4.53. The van der Waals surface area contributed by atoms with Crippen LogP contribution in [0.1, 0.15) is 18.1 Å². The molecular weight excluding hydrogens is 364 g/mol. The van der Waals surface area contributed by atoms with Gasteiger partial charge in [0, 0.05) is 10.9 Å². The minimum atomic E-state index is -0.901. The standard InChI is InChI=1S/C17H15ClN2O2S2/c1-8-4-5-11(9(2)6-8)12-7-23-15-13(12)14(18)19-17(20-15)24-10(3)16(21)22/h4-7,10H,1-3H3,(H,21,22). The van der Waals surface area contributed by atoms with Gasteiger partial charge in [0.15, 0.2) is 5.16 Å². The number of carboxylic acid groups (broad SMARTS) is 1. The number of carboxylic acids is 1. The van der Waals surface area contributed by atoms with E-state index in [1.54, 1.807) is 6.92 Å². The summed E-state index contributed by atoms with van der Waals surface area (Å²) >= 11 is 8.98. The zero-order valence-corrected chi connectivity index (χ0v) is 15.7. The zero-order valence-electron chi connectivity index (χ0n) is 13.3. The van der Waals surface area contributed by atoms with Crippen molar-refractivity contribution in [3.63, 3.8) is 0 Å². The Labute approximate surface area is 152 Å². The molecule has 1 unspecified atom stereocenters. The molecule has 0 radical (unpaired) electrons. The van der Waals surface area contributed by atoms with Gasteiger partial charge in [0.25, 0.3) is 0 Å². The van der Waals surface area contributed by atoms with Gasteiger partial charge in [-0.25, -0.2) is 9.97 Å². The van der Waals surface area contributed by atoms with Crippen LogP contribution in [0.3, 0.4) is 0 Å². The Morgan fingerprint density at radius 1 is 1.29 bits per heavy atom. The Kier molecular flexibility index (Phi) is 4.80. The summed E-state index contributed by atoms with van der Waals surface area (Å²) in [4.78, 5) is 20.5. The average Bonchev–Trinajstić information content (AvgIpc) is 2.91. The first-order valence-corrected chi connectivity index (χ1v) is 9.42. The molecule has 0 amide bonds.